The van der Waals surface area contributed by atoms with Crippen molar-refractivity contribution in [1.29, 1.82) is 0 Å². The summed E-state index contributed by atoms with van der Waals surface area (Å²) in [5.41, 5.74) is 4.58. The van der Waals surface area contributed by atoms with Crippen LogP contribution >= 0.6 is 22.6 Å². The van der Waals surface area contributed by atoms with E-state index in [1.165, 1.54) is 0 Å². The van der Waals surface area contributed by atoms with Crippen molar-refractivity contribution in [2.75, 3.05) is 12.4 Å². The zero-order valence-corrected chi connectivity index (χ0v) is 18.6. The maximum Gasteiger partial charge on any atom is 0.226 e. The lowest BCUT2D eigenvalue weighted by Gasteiger charge is -2.08. The Morgan fingerprint density at radius 1 is 1.21 bits per heavy atom. The first-order valence-electron chi connectivity index (χ1n) is 9.03. The van der Waals surface area contributed by atoms with Crippen molar-refractivity contribution >= 4 is 34.2 Å². The molecule has 1 aromatic carbocycles. The van der Waals surface area contributed by atoms with Crippen LogP contribution in [0.5, 0.6) is 5.75 Å². The van der Waals surface area contributed by atoms with E-state index in [0.29, 0.717) is 19.5 Å². The van der Waals surface area contributed by atoms with Crippen LogP contribution in [-0.2, 0) is 17.9 Å². The number of carbonyl (C=O) groups excluding carboxylic acids is 1. The molecule has 0 bridgehead atoms. The highest BCUT2D eigenvalue weighted by Gasteiger charge is 2.15. The lowest BCUT2D eigenvalue weighted by atomic mass is 10.2. The third-order valence-corrected chi connectivity index (χ3v) is 5.63. The van der Waals surface area contributed by atoms with Crippen molar-refractivity contribution in [3.63, 3.8) is 0 Å². The van der Waals surface area contributed by atoms with Gasteiger partial charge in [0.05, 0.1) is 40.0 Å². The second-order valence-electron chi connectivity index (χ2n) is 6.68. The Balaban J connectivity index is 1.66. The Kier molecular flexibility index (Phi) is 6.38. The number of carbonyl (C=O) groups is 1. The quantitative estimate of drug-likeness (QED) is 0.510. The molecular weight excluding hydrogens is 469 g/mol. The Bertz CT molecular complexity index is 973. The van der Waals surface area contributed by atoms with Crippen LogP contribution in [0.1, 0.15) is 29.1 Å². The summed E-state index contributed by atoms with van der Waals surface area (Å²) >= 11 is 2.24. The molecule has 0 spiro atoms. The normalized spacial score (nSPS) is 10.9. The number of halogens is 1. The van der Waals surface area contributed by atoms with Crippen LogP contribution < -0.4 is 10.1 Å². The summed E-state index contributed by atoms with van der Waals surface area (Å²) in [7, 11) is 1.65. The average Bonchev–Trinajstić information content (AvgIpc) is 3.13. The van der Waals surface area contributed by atoms with E-state index < -0.39 is 0 Å². The smallest absolute Gasteiger partial charge is 0.226 e. The Morgan fingerprint density at radius 2 is 2.00 bits per heavy atom. The van der Waals surface area contributed by atoms with Gasteiger partial charge in [-0.05, 0) is 61.1 Å². The van der Waals surface area contributed by atoms with E-state index in [0.717, 1.165) is 37.7 Å². The van der Waals surface area contributed by atoms with Gasteiger partial charge in [-0.1, -0.05) is 12.1 Å². The Labute approximate surface area is 178 Å². The number of nitrogens with one attached hydrogen (secondary N) is 1. The van der Waals surface area contributed by atoms with Crippen molar-refractivity contribution in [1.82, 2.24) is 19.6 Å². The molecule has 0 saturated heterocycles. The molecular formula is C20H24IN5O2. The molecule has 0 aliphatic heterocycles. The Morgan fingerprint density at radius 3 is 2.68 bits per heavy atom. The van der Waals surface area contributed by atoms with Crippen LogP contribution in [0.3, 0.4) is 0 Å². The number of benzene rings is 1. The molecule has 28 heavy (non-hydrogen) atoms. The molecule has 3 aromatic rings. The fourth-order valence-electron chi connectivity index (χ4n) is 3.00. The number of hydrogen-bond acceptors (Lipinski definition) is 4. The SMILES string of the molecule is COc1cccc(Cn2nc(C)c(NC(=O)CCn3cc(I)c(C)n3)c2C)c1. The molecule has 8 heteroatoms. The number of methoxy groups -OCH3 is 1. The molecule has 0 aliphatic rings. The van der Waals surface area contributed by atoms with Crippen molar-refractivity contribution in [2.45, 2.75) is 40.3 Å². The number of amides is 1. The highest BCUT2D eigenvalue weighted by molar-refractivity contribution is 14.1. The molecule has 1 N–H and O–H groups in total. The number of hydrogen-bond donors (Lipinski definition) is 1. The van der Waals surface area contributed by atoms with Crippen LogP contribution in [-0.4, -0.2) is 32.6 Å². The first-order chi connectivity index (χ1) is 13.4. The largest absolute Gasteiger partial charge is 0.497 e. The van der Waals surface area contributed by atoms with E-state index in [-0.39, 0.29) is 5.91 Å². The fraction of sp³-hybridized carbons (Fsp3) is 0.350. The second kappa shape index (κ2) is 8.76. The molecule has 0 fully saturated rings. The predicted molar refractivity (Wildman–Crippen MR) is 117 cm³/mol. The molecule has 2 heterocycles. The first kappa shape index (κ1) is 20.4. The fourth-order valence-corrected chi connectivity index (χ4v) is 3.43. The molecule has 0 radical (unpaired) electrons. The van der Waals surface area contributed by atoms with Crippen LogP contribution in [0.15, 0.2) is 30.5 Å². The summed E-state index contributed by atoms with van der Waals surface area (Å²) in [6.07, 6.45) is 2.31. The number of ether oxygens (including phenoxy) is 1. The van der Waals surface area contributed by atoms with Gasteiger partial charge in [-0.2, -0.15) is 10.2 Å². The highest BCUT2D eigenvalue weighted by Crippen LogP contribution is 2.22. The summed E-state index contributed by atoms with van der Waals surface area (Å²) in [6, 6.07) is 7.89. The lowest BCUT2D eigenvalue weighted by Crippen LogP contribution is -2.16. The minimum absolute atomic E-state index is 0.0460. The molecule has 0 atom stereocenters. The summed E-state index contributed by atoms with van der Waals surface area (Å²) in [5, 5.41) is 12.0. The van der Waals surface area contributed by atoms with Gasteiger partial charge >= 0.3 is 0 Å². The number of aryl methyl sites for hydroxylation is 3. The van der Waals surface area contributed by atoms with Crippen LogP contribution in [0.4, 0.5) is 5.69 Å². The molecule has 2 aromatic heterocycles. The number of rotatable bonds is 7. The van der Waals surface area contributed by atoms with Gasteiger partial charge in [-0.3, -0.25) is 14.2 Å². The molecule has 0 aliphatic carbocycles. The van der Waals surface area contributed by atoms with E-state index in [1.807, 2.05) is 60.6 Å². The highest BCUT2D eigenvalue weighted by atomic mass is 127. The van der Waals surface area contributed by atoms with Gasteiger partial charge in [0.1, 0.15) is 5.75 Å². The molecule has 148 valence electrons. The summed E-state index contributed by atoms with van der Waals surface area (Å²) in [4.78, 5) is 12.4. The van der Waals surface area contributed by atoms with Gasteiger partial charge in [-0.25, -0.2) is 0 Å². The van der Waals surface area contributed by atoms with Crippen LogP contribution in [0.2, 0.25) is 0 Å². The van der Waals surface area contributed by atoms with E-state index in [1.54, 1.807) is 7.11 Å². The zero-order chi connectivity index (χ0) is 20.3. The van der Waals surface area contributed by atoms with E-state index in [9.17, 15) is 4.79 Å². The molecule has 7 nitrogen and oxygen atoms in total. The van der Waals surface area contributed by atoms with Crippen molar-refractivity contribution < 1.29 is 9.53 Å². The van der Waals surface area contributed by atoms with Crippen LogP contribution in [0, 0.1) is 24.3 Å². The van der Waals surface area contributed by atoms with Gasteiger partial charge in [0, 0.05) is 19.2 Å². The third-order valence-electron chi connectivity index (χ3n) is 4.57. The number of nitrogens with zero attached hydrogens (tertiary/aromatic N) is 4. The molecule has 0 unspecified atom stereocenters. The van der Waals surface area contributed by atoms with E-state index in [4.69, 9.17) is 4.74 Å². The number of aromatic nitrogens is 4. The van der Waals surface area contributed by atoms with Crippen molar-refractivity contribution in [3.8, 4) is 5.75 Å². The van der Waals surface area contributed by atoms with Crippen molar-refractivity contribution in [2.24, 2.45) is 0 Å². The zero-order valence-electron chi connectivity index (χ0n) is 16.5. The van der Waals surface area contributed by atoms with E-state index >= 15 is 0 Å². The third kappa shape index (κ3) is 4.73. The summed E-state index contributed by atoms with van der Waals surface area (Å²) < 4.78 is 10.1. The van der Waals surface area contributed by atoms with Gasteiger partial charge in [0.15, 0.2) is 0 Å². The van der Waals surface area contributed by atoms with Gasteiger partial charge in [0.25, 0.3) is 0 Å². The van der Waals surface area contributed by atoms with Gasteiger partial charge in [-0.15, -0.1) is 0 Å². The summed E-state index contributed by atoms with van der Waals surface area (Å²) in [5.74, 6) is 0.770. The molecule has 0 saturated carbocycles. The second-order valence-corrected chi connectivity index (χ2v) is 7.84. The Hall–Kier alpha value is -2.36. The maximum absolute atomic E-state index is 12.4. The van der Waals surface area contributed by atoms with Gasteiger partial charge in [0.2, 0.25) is 5.91 Å². The lowest BCUT2D eigenvalue weighted by molar-refractivity contribution is -0.116. The topological polar surface area (TPSA) is 74.0 Å². The van der Waals surface area contributed by atoms with Crippen molar-refractivity contribution in [3.05, 3.63) is 56.7 Å². The standard InChI is InChI=1S/C20H24IN5O2/c1-13-18(21)12-25(23-13)9-8-19(27)22-20-14(2)24-26(15(20)3)11-16-6-5-7-17(10-16)28-4/h5-7,10,12H,8-9,11H2,1-4H3,(H,22,27). The van der Waals surface area contributed by atoms with Crippen LogP contribution in [0.25, 0.3) is 0 Å². The van der Waals surface area contributed by atoms with E-state index in [2.05, 4.69) is 38.1 Å². The minimum Gasteiger partial charge on any atom is -0.497 e. The summed E-state index contributed by atoms with van der Waals surface area (Å²) in [6.45, 7) is 7.00. The average molecular weight is 493 g/mol. The monoisotopic (exact) mass is 493 g/mol. The maximum atomic E-state index is 12.4. The minimum atomic E-state index is -0.0460. The van der Waals surface area contributed by atoms with Gasteiger partial charge < -0.3 is 10.1 Å². The molecule has 1 amide bonds. The number of anilines is 1. The molecule has 3 rings (SSSR count). The first-order valence-corrected chi connectivity index (χ1v) is 10.1. The predicted octanol–water partition coefficient (Wildman–Crippen LogP) is 3.70.